The highest BCUT2D eigenvalue weighted by Crippen LogP contribution is 2.18. The lowest BCUT2D eigenvalue weighted by Crippen LogP contribution is -2.08. The molecule has 0 fully saturated rings. The van der Waals surface area contributed by atoms with E-state index in [9.17, 15) is 4.79 Å². The predicted octanol–water partition coefficient (Wildman–Crippen LogP) is 1.22. The monoisotopic (exact) mass is 244 g/mol. The summed E-state index contributed by atoms with van der Waals surface area (Å²) in [5.41, 5.74) is 6.14. The molecule has 0 spiro atoms. The maximum absolute atomic E-state index is 11.7. The molecule has 0 aliphatic rings. The minimum atomic E-state index is -0.329. The van der Waals surface area contributed by atoms with Crippen LogP contribution in [-0.4, -0.2) is 27.8 Å². The molecule has 0 amide bonds. The van der Waals surface area contributed by atoms with Crippen molar-refractivity contribution in [3.05, 3.63) is 42.2 Å². The fraction of sp³-hybridized carbons (Fsp3) is 0.0833. The van der Waals surface area contributed by atoms with E-state index in [4.69, 9.17) is 10.5 Å². The molecular formula is C12H12N4O2. The molecule has 1 aromatic heterocycles. The molecule has 6 heteroatoms. The summed E-state index contributed by atoms with van der Waals surface area (Å²) in [5.74, 6) is 0.429. The maximum atomic E-state index is 11.7. The van der Waals surface area contributed by atoms with Crippen molar-refractivity contribution in [3.8, 4) is 5.75 Å². The summed E-state index contributed by atoms with van der Waals surface area (Å²) < 4.78 is 6.24. The van der Waals surface area contributed by atoms with Gasteiger partial charge in [0, 0.05) is 11.6 Å². The van der Waals surface area contributed by atoms with Gasteiger partial charge in [0.25, 0.3) is 5.91 Å². The number of para-hydroxylation sites is 1. The van der Waals surface area contributed by atoms with Gasteiger partial charge in [-0.3, -0.25) is 4.79 Å². The van der Waals surface area contributed by atoms with Crippen LogP contribution in [0.2, 0.25) is 0 Å². The number of benzene rings is 1. The van der Waals surface area contributed by atoms with Crippen LogP contribution in [-0.2, 0) is 0 Å². The normalized spacial score (nSPS) is 10.7. The van der Waals surface area contributed by atoms with E-state index in [0.717, 1.165) is 10.2 Å². The molecule has 2 aromatic rings. The fourth-order valence-electron chi connectivity index (χ4n) is 1.42. The second kappa shape index (κ2) is 5.13. The van der Waals surface area contributed by atoms with Crippen molar-refractivity contribution in [1.82, 2.24) is 14.8 Å². The third kappa shape index (κ3) is 2.54. The summed E-state index contributed by atoms with van der Waals surface area (Å²) in [6.45, 7) is 0. The number of hydrogen-bond donors (Lipinski definition) is 1. The molecular weight excluding hydrogens is 232 g/mol. The van der Waals surface area contributed by atoms with Gasteiger partial charge in [-0.1, -0.05) is 18.2 Å². The van der Waals surface area contributed by atoms with Crippen LogP contribution in [0.1, 0.15) is 10.4 Å². The molecule has 0 saturated carbocycles. The first-order valence-corrected chi connectivity index (χ1v) is 5.23. The molecule has 0 radical (unpaired) electrons. The number of nitrogens with two attached hydrogens (primary N) is 1. The van der Waals surface area contributed by atoms with Crippen molar-refractivity contribution in [1.29, 1.82) is 0 Å². The Morgan fingerprint density at radius 3 is 2.89 bits per heavy atom. The summed E-state index contributed by atoms with van der Waals surface area (Å²) in [6, 6.07) is 7.38. The summed E-state index contributed by atoms with van der Waals surface area (Å²) in [6.07, 6.45) is 4.30. The standard InChI is InChI=1S/C12H12N4O2/c1-18-10-5-3-2-4-9(10)6-7-11(17)16-8-14-12(13)15-16/h2-8H,1H3,(H2,13,15)/b7-6+. The molecule has 0 saturated heterocycles. The largest absolute Gasteiger partial charge is 0.496 e. The van der Waals surface area contributed by atoms with Crippen LogP contribution in [0.4, 0.5) is 5.95 Å². The van der Waals surface area contributed by atoms with Crippen LogP contribution >= 0.6 is 0 Å². The highest BCUT2D eigenvalue weighted by Gasteiger charge is 2.03. The SMILES string of the molecule is COc1ccccc1/C=C/C(=O)n1cnc(N)n1. The Balaban J connectivity index is 2.18. The Bertz CT molecular complexity index is 589. The van der Waals surface area contributed by atoms with Gasteiger partial charge in [0.15, 0.2) is 0 Å². The lowest BCUT2D eigenvalue weighted by molar-refractivity contribution is 0.0955. The first-order valence-electron chi connectivity index (χ1n) is 5.23. The van der Waals surface area contributed by atoms with Gasteiger partial charge in [0.05, 0.1) is 7.11 Å². The van der Waals surface area contributed by atoms with E-state index >= 15 is 0 Å². The molecule has 0 aliphatic heterocycles. The fourth-order valence-corrected chi connectivity index (χ4v) is 1.42. The number of nitrogen functional groups attached to an aromatic ring is 1. The van der Waals surface area contributed by atoms with Crippen molar-refractivity contribution in [2.24, 2.45) is 0 Å². The molecule has 18 heavy (non-hydrogen) atoms. The predicted molar refractivity (Wildman–Crippen MR) is 67.1 cm³/mol. The van der Waals surface area contributed by atoms with Crippen molar-refractivity contribution in [2.45, 2.75) is 0 Å². The Labute approximate surface area is 104 Å². The third-order valence-electron chi connectivity index (χ3n) is 2.28. The van der Waals surface area contributed by atoms with Gasteiger partial charge in [-0.05, 0) is 12.1 Å². The molecule has 0 unspecified atom stereocenters. The number of allylic oxidation sites excluding steroid dienone is 1. The van der Waals surface area contributed by atoms with E-state index in [-0.39, 0.29) is 11.9 Å². The molecule has 92 valence electrons. The van der Waals surface area contributed by atoms with Gasteiger partial charge in [-0.25, -0.2) is 4.98 Å². The molecule has 1 heterocycles. The molecule has 0 atom stereocenters. The van der Waals surface area contributed by atoms with E-state index in [1.165, 1.54) is 12.4 Å². The number of ether oxygens (including phenoxy) is 1. The van der Waals surface area contributed by atoms with Crippen LogP contribution < -0.4 is 10.5 Å². The number of rotatable bonds is 3. The van der Waals surface area contributed by atoms with Crippen LogP contribution in [0.3, 0.4) is 0 Å². The molecule has 1 aromatic carbocycles. The van der Waals surface area contributed by atoms with Crippen molar-refractivity contribution >= 4 is 17.9 Å². The molecule has 2 N–H and O–H groups in total. The molecule has 6 nitrogen and oxygen atoms in total. The summed E-state index contributed by atoms with van der Waals surface area (Å²) >= 11 is 0. The first-order chi connectivity index (χ1) is 8.70. The Kier molecular flexibility index (Phi) is 3.38. The average molecular weight is 244 g/mol. The minimum Gasteiger partial charge on any atom is -0.496 e. The quantitative estimate of drug-likeness (QED) is 0.821. The average Bonchev–Trinajstić information content (AvgIpc) is 2.83. The summed E-state index contributed by atoms with van der Waals surface area (Å²) in [7, 11) is 1.58. The lowest BCUT2D eigenvalue weighted by Gasteiger charge is -2.02. The number of aromatic nitrogens is 3. The van der Waals surface area contributed by atoms with Gasteiger partial charge in [-0.15, -0.1) is 5.10 Å². The van der Waals surface area contributed by atoms with Crippen LogP contribution in [0.5, 0.6) is 5.75 Å². The maximum Gasteiger partial charge on any atom is 0.272 e. The van der Waals surface area contributed by atoms with Gasteiger partial charge in [-0.2, -0.15) is 4.68 Å². The summed E-state index contributed by atoms with van der Waals surface area (Å²) in [5, 5.41) is 3.72. The van der Waals surface area contributed by atoms with E-state index in [2.05, 4.69) is 10.1 Å². The van der Waals surface area contributed by atoms with Gasteiger partial charge in [0.1, 0.15) is 12.1 Å². The highest BCUT2D eigenvalue weighted by molar-refractivity contribution is 5.93. The number of anilines is 1. The Morgan fingerprint density at radius 2 is 2.22 bits per heavy atom. The van der Waals surface area contributed by atoms with E-state index < -0.39 is 0 Å². The molecule has 2 rings (SSSR count). The van der Waals surface area contributed by atoms with Crippen molar-refractivity contribution in [3.63, 3.8) is 0 Å². The molecule has 0 bridgehead atoms. The van der Waals surface area contributed by atoms with Gasteiger partial charge < -0.3 is 10.5 Å². The van der Waals surface area contributed by atoms with E-state index in [1.807, 2.05) is 24.3 Å². The second-order valence-electron chi connectivity index (χ2n) is 3.46. The first kappa shape index (κ1) is 11.8. The minimum absolute atomic E-state index is 0.0639. The van der Waals surface area contributed by atoms with Crippen LogP contribution in [0.25, 0.3) is 6.08 Å². The zero-order valence-corrected chi connectivity index (χ0v) is 9.78. The number of hydrogen-bond acceptors (Lipinski definition) is 5. The van der Waals surface area contributed by atoms with Gasteiger partial charge in [0.2, 0.25) is 5.95 Å². The van der Waals surface area contributed by atoms with Crippen molar-refractivity contribution < 1.29 is 9.53 Å². The second-order valence-corrected chi connectivity index (χ2v) is 3.46. The summed E-state index contributed by atoms with van der Waals surface area (Å²) in [4.78, 5) is 15.4. The number of carbonyl (C=O) groups excluding carboxylic acids is 1. The lowest BCUT2D eigenvalue weighted by atomic mass is 10.2. The van der Waals surface area contributed by atoms with Crippen LogP contribution in [0, 0.1) is 0 Å². The zero-order valence-electron chi connectivity index (χ0n) is 9.78. The zero-order chi connectivity index (χ0) is 13.0. The Hall–Kier alpha value is -2.63. The van der Waals surface area contributed by atoms with Crippen LogP contribution in [0.15, 0.2) is 36.7 Å². The highest BCUT2D eigenvalue weighted by atomic mass is 16.5. The molecule has 0 aliphatic carbocycles. The van der Waals surface area contributed by atoms with E-state index in [0.29, 0.717) is 5.75 Å². The topological polar surface area (TPSA) is 83.0 Å². The van der Waals surface area contributed by atoms with Crippen molar-refractivity contribution in [2.75, 3.05) is 12.8 Å². The number of methoxy groups -OCH3 is 1. The number of carbonyl (C=O) groups is 1. The third-order valence-corrected chi connectivity index (χ3v) is 2.28. The van der Waals surface area contributed by atoms with E-state index in [1.54, 1.807) is 13.2 Å². The smallest absolute Gasteiger partial charge is 0.272 e. The van der Waals surface area contributed by atoms with Gasteiger partial charge >= 0.3 is 0 Å². The Morgan fingerprint density at radius 1 is 1.44 bits per heavy atom. The number of nitrogens with zero attached hydrogens (tertiary/aromatic N) is 3.